The largest absolute Gasteiger partial charge is 0.325 e. The van der Waals surface area contributed by atoms with Crippen molar-refractivity contribution in [2.45, 2.75) is 63.3 Å². The van der Waals surface area contributed by atoms with Crippen LogP contribution in [0.25, 0.3) is 0 Å². The maximum absolute atomic E-state index is 13.2. The topological polar surface area (TPSA) is 137 Å². The van der Waals surface area contributed by atoms with Crippen molar-refractivity contribution in [3.8, 4) is 0 Å². The lowest BCUT2D eigenvalue weighted by Gasteiger charge is -2.43. The molecule has 1 saturated heterocycles. The Hall–Kier alpha value is -2.95. The number of carbonyl (C=O) groups is 3. The van der Waals surface area contributed by atoms with Crippen LogP contribution >= 0.6 is 0 Å². The Kier molecular flexibility index (Phi) is 6.17. The molecule has 3 aliphatic rings. The fourth-order valence-corrected chi connectivity index (χ4v) is 6.71. The van der Waals surface area contributed by atoms with Gasteiger partial charge in [-0.05, 0) is 55.2 Å². The van der Waals surface area contributed by atoms with Gasteiger partial charge in [-0.15, -0.1) is 0 Å². The third-order valence-electron chi connectivity index (χ3n) is 6.48. The molecule has 0 bridgehead atoms. The van der Waals surface area contributed by atoms with Crippen molar-refractivity contribution in [2.24, 2.45) is 16.3 Å². The first-order chi connectivity index (χ1) is 15.9. The molecule has 1 spiro atoms. The number of sulfonamides is 1. The fourth-order valence-electron chi connectivity index (χ4n) is 5.57. The third kappa shape index (κ3) is 4.94. The van der Waals surface area contributed by atoms with Gasteiger partial charge in [0.15, 0.2) is 0 Å². The standard InChI is InChI=1S/C23H31N5O5S/c1-15-11-22(2,3)14-23(12-15)20(30)28(21(31)26-23)13-19(29)25-16-6-4-7-17(10-16)34(32,33)27-18-8-5-9-24-18/h4,6-7,10,15H,5,8-9,11-14H2,1-3H3,(H,24,27)(H,25,29)(H,26,31)/t15-,23-/m0/s1. The number of carbonyl (C=O) groups excluding carboxylic acids is 3. The van der Waals surface area contributed by atoms with E-state index >= 15 is 0 Å². The summed E-state index contributed by atoms with van der Waals surface area (Å²) >= 11 is 0. The second kappa shape index (κ2) is 8.68. The van der Waals surface area contributed by atoms with Gasteiger partial charge in [-0.25, -0.2) is 13.2 Å². The molecule has 1 aromatic carbocycles. The predicted octanol–water partition coefficient (Wildman–Crippen LogP) is 2.23. The van der Waals surface area contributed by atoms with Crippen LogP contribution in [0.2, 0.25) is 0 Å². The van der Waals surface area contributed by atoms with Crippen molar-refractivity contribution in [1.29, 1.82) is 0 Å². The lowest BCUT2D eigenvalue weighted by Crippen LogP contribution is -2.54. The van der Waals surface area contributed by atoms with Crippen molar-refractivity contribution in [1.82, 2.24) is 14.9 Å². The molecule has 34 heavy (non-hydrogen) atoms. The van der Waals surface area contributed by atoms with E-state index in [9.17, 15) is 22.8 Å². The predicted molar refractivity (Wildman–Crippen MR) is 127 cm³/mol. The maximum atomic E-state index is 13.2. The first-order valence-electron chi connectivity index (χ1n) is 11.5. The molecular formula is C23H31N5O5S. The number of imide groups is 1. The van der Waals surface area contributed by atoms with Gasteiger partial charge in [-0.1, -0.05) is 26.8 Å². The molecule has 2 aliphatic heterocycles. The molecule has 10 nitrogen and oxygen atoms in total. The van der Waals surface area contributed by atoms with Gasteiger partial charge in [0.05, 0.1) is 4.90 Å². The molecule has 0 unspecified atom stereocenters. The average Bonchev–Trinajstić information content (AvgIpc) is 3.28. The summed E-state index contributed by atoms with van der Waals surface area (Å²) in [4.78, 5) is 43.6. The van der Waals surface area contributed by atoms with Crippen LogP contribution in [0.4, 0.5) is 10.5 Å². The zero-order valence-corrected chi connectivity index (χ0v) is 20.5. The van der Waals surface area contributed by atoms with Crippen LogP contribution in [0.15, 0.2) is 34.2 Å². The first-order valence-corrected chi connectivity index (χ1v) is 13.0. The highest BCUT2D eigenvalue weighted by molar-refractivity contribution is 7.90. The van der Waals surface area contributed by atoms with Gasteiger partial charge < -0.3 is 10.6 Å². The SMILES string of the molecule is C[C@H]1CC(C)(C)C[C@]2(C1)NC(=O)N(CC(=O)Nc1cccc(S(=O)(=O)NC3=NCCC3)c1)C2=O. The minimum atomic E-state index is -3.84. The molecule has 11 heteroatoms. The Morgan fingerprint density at radius 1 is 1.26 bits per heavy atom. The summed E-state index contributed by atoms with van der Waals surface area (Å²) in [5, 5.41) is 5.44. The first kappa shape index (κ1) is 24.2. The van der Waals surface area contributed by atoms with Crippen molar-refractivity contribution in [3.05, 3.63) is 24.3 Å². The van der Waals surface area contributed by atoms with Gasteiger partial charge in [0.25, 0.3) is 15.9 Å². The molecule has 4 rings (SSSR count). The highest BCUT2D eigenvalue weighted by Gasteiger charge is 2.56. The van der Waals surface area contributed by atoms with Gasteiger partial charge in [0.1, 0.15) is 17.9 Å². The van der Waals surface area contributed by atoms with Crippen LogP contribution in [0, 0.1) is 11.3 Å². The zero-order valence-electron chi connectivity index (χ0n) is 19.7. The molecule has 2 atom stereocenters. The smallest absolute Gasteiger partial charge is 0.324 e. The number of hydrogen-bond donors (Lipinski definition) is 3. The summed E-state index contributed by atoms with van der Waals surface area (Å²) in [6.45, 7) is 6.36. The Morgan fingerprint density at radius 2 is 2.03 bits per heavy atom. The number of aliphatic imine (C=N–C) groups is 1. The number of rotatable bonds is 5. The van der Waals surface area contributed by atoms with E-state index in [4.69, 9.17) is 0 Å². The van der Waals surface area contributed by atoms with Crippen molar-refractivity contribution >= 4 is 39.4 Å². The monoisotopic (exact) mass is 489 g/mol. The molecule has 2 heterocycles. The second-order valence-corrected chi connectivity index (χ2v) is 12.1. The molecule has 0 radical (unpaired) electrons. The molecule has 1 aliphatic carbocycles. The van der Waals surface area contributed by atoms with Crippen molar-refractivity contribution in [3.63, 3.8) is 0 Å². The van der Waals surface area contributed by atoms with Gasteiger partial charge in [0, 0.05) is 18.7 Å². The van der Waals surface area contributed by atoms with Crippen LogP contribution in [0.3, 0.4) is 0 Å². The number of nitrogens with one attached hydrogen (secondary N) is 3. The van der Waals surface area contributed by atoms with Crippen LogP contribution < -0.4 is 15.4 Å². The van der Waals surface area contributed by atoms with Gasteiger partial charge in [-0.2, -0.15) is 0 Å². The van der Waals surface area contributed by atoms with Crippen molar-refractivity contribution in [2.75, 3.05) is 18.4 Å². The summed E-state index contributed by atoms with van der Waals surface area (Å²) in [7, 11) is -3.84. The number of anilines is 1. The lowest BCUT2D eigenvalue weighted by atomic mass is 9.64. The van der Waals surface area contributed by atoms with Crippen molar-refractivity contribution < 1.29 is 22.8 Å². The Balaban J connectivity index is 1.43. The molecule has 184 valence electrons. The van der Waals surface area contributed by atoms with E-state index in [0.717, 1.165) is 17.7 Å². The molecule has 0 aromatic heterocycles. The van der Waals surface area contributed by atoms with E-state index in [1.54, 1.807) is 6.07 Å². The van der Waals surface area contributed by atoms with Crippen LogP contribution in [0.5, 0.6) is 0 Å². The van der Waals surface area contributed by atoms with E-state index in [1.807, 2.05) is 0 Å². The highest BCUT2D eigenvalue weighted by atomic mass is 32.2. The molecule has 1 aromatic rings. The zero-order chi connectivity index (χ0) is 24.7. The van der Waals surface area contributed by atoms with E-state index < -0.39 is 34.0 Å². The molecular weight excluding hydrogens is 458 g/mol. The minimum Gasteiger partial charge on any atom is -0.324 e. The molecule has 4 amide bonds. The number of urea groups is 1. The van der Waals surface area contributed by atoms with Crippen LogP contribution in [0.1, 0.15) is 52.9 Å². The normalized spacial score (nSPS) is 26.4. The summed E-state index contributed by atoms with van der Waals surface area (Å²) in [5.74, 6) is -0.297. The summed E-state index contributed by atoms with van der Waals surface area (Å²) in [6.07, 6.45) is 3.38. The quantitative estimate of drug-likeness (QED) is 0.545. The minimum absolute atomic E-state index is 0.0210. The number of amidine groups is 1. The average molecular weight is 490 g/mol. The van der Waals surface area contributed by atoms with Crippen LogP contribution in [-0.4, -0.2) is 55.6 Å². The van der Waals surface area contributed by atoms with Gasteiger partial charge in [-0.3, -0.25) is 24.2 Å². The highest BCUT2D eigenvalue weighted by Crippen LogP contribution is 2.46. The summed E-state index contributed by atoms with van der Waals surface area (Å²) < 4.78 is 27.7. The molecule has 3 N–H and O–H groups in total. The fraction of sp³-hybridized carbons (Fsp3) is 0.565. The lowest BCUT2D eigenvalue weighted by molar-refractivity contribution is -0.136. The Morgan fingerprint density at radius 3 is 2.71 bits per heavy atom. The number of amides is 4. The molecule has 1 saturated carbocycles. The van der Waals surface area contributed by atoms with Crippen LogP contribution in [-0.2, 0) is 19.6 Å². The third-order valence-corrected chi connectivity index (χ3v) is 7.86. The number of hydrogen-bond acceptors (Lipinski definition) is 6. The second-order valence-electron chi connectivity index (χ2n) is 10.4. The maximum Gasteiger partial charge on any atom is 0.325 e. The number of benzene rings is 1. The van der Waals surface area contributed by atoms with E-state index in [2.05, 4.69) is 41.1 Å². The van der Waals surface area contributed by atoms with E-state index in [0.29, 0.717) is 31.6 Å². The van der Waals surface area contributed by atoms with E-state index in [-0.39, 0.29) is 27.8 Å². The van der Waals surface area contributed by atoms with Gasteiger partial charge >= 0.3 is 6.03 Å². The Labute approximate surface area is 199 Å². The Bertz CT molecular complexity index is 1160. The van der Waals surface area contributed by atoms with E-state index in [1.165, 1.54) is 18.2 Å². The summed E-state index contributed by atoms with van der Waals surface area (Å²) in [5.41, 5.74) is -0.847. The molecule has 2 fully saturated rings. The van der Waals surface area contributed by atoms with Gasteiger partial charge in [0.2, 0.25) is 5.91 Å². The number of nitrogens with zero attached hydrogens (tertiary/aromatic N) is 2. The summed E-state index contributed by atoms with van der Waals surface area (Å²) in [6, 6.07) is 5.22.